The van der Waals surface area contributed by atoms with Crippen LogP contribution in [-0.4, -0.2) is 13.1 Å². The van der Waals surface area contributed by atoms with Gasteiger partial charge in [-0.3, -0.25) is 0 Å². The Morgan fingerprint density at radius 1 is 1.17 bits per heavy atom. The minimum Gasteiger partial charge on any atom is -0.422 e. The molecule has 2 heterocycles. The Balaban J connectivity index is 2.04. The fourth-order valence-corrected chi connectivity index (χ4v) is 3.73. The molecule has 3 rings (SSSR count). The van der Waals surface area contributed by atoms with Gasteiger partial charge in [0.2, 0.25) is 0 Å². The second-order valence-corrected chi connectivity index (χ2v) is 7.02. The van der Waals surface area contributed by atoms with Crippen molar-refractivity contribution >= 4 is 39.6 Å². The van der Waals surface area contributed by atoms with Crippen molar-refractivity contribution in [2.24, 2.45) is 0 Å². The Morgan fingerprint density at radius 3 is 2.55 bits per heavy atom. The van der Waals surface area contributed by atoms with Gasteiger partial charge in [0.05, 0.1) is 5.56 Å². The van der Waals surface area contributed by atoms with E-state index in [-0.39, 0.29) is 5.57 Å². The van der Waals surface area contributed by atoms with E-state index >= 15 is 0 Å². The molecular weight excluding hydrogens is 382 g/mol. The number of nitrogens with zero attached hydrogens (tertiary/aromatic N) is 3. The zero-order valence-electron chi connectivity index (χ0n) is 16.2. The van der Waals surface area contributed by atoms with E-state index in [1.54, 1.807) is 18.2 Å². The highest BCUT2D eigenvalue weighted by atomic mass is 32.1. The molecule has 0 spiro atoms. The summed E-state index contributed by atoms with van der Waals surface area (Å²) in [5.41, 5.74) is 2.66. The number of nitriles is 2. The van der Waals surface area contributed by atoms with Gasteiger partial charge in [0, 0.05) is 35.8 Å². The number of thiophene rings is 1. The fraction of sp³-hybridized carbons (Fsp3) is 0.174. The van der Waals surface area contributed by atoms with E-state index in [4.69, 9.17) is 4.42 Å². The van der Waals surface area contributed by atoms with Crippen LogP contribution in [0.15, 0.2) is 62.0 Å². The largest absolute Gasteiger partial charge is 0.422 e. The van der Waals surface area contributed by atoms with E-state index in [0.29, 0.717) is 16.7 Å². The van der Waals surface area contributed by atoms with Crippen LogP contribution in [0.5, 0.6) is 0 Å². The summed E-state index contributed by atoms with van der Waals surface area (Å²) in [6.45, 7) is 5.88. The zero-order valence-corrected chi connectivity index (χ0v) is 17.0. The predicted octanol–water partition coefficient (Wildman–Crippen LogP) is 5.21. The summed E-state index contributed by atoms with van der Waals surface area (Å²) in [4.78, 5) is 14.7. The van der Waals surface area contributed by atoms with Gasteiger partial charge in [-0.05, 0) is 60.5 Å². The van der Waals surface area contributed by atoms with Crippen molar-refractivity contribution in [1.82, 2.24) is 0 Å². The van der Waals surface area contributed by atoms with Crippen LogP contribution < -0.4 is 10.5 Å². The van der Waals surface area contributed by atoms with Crippen molar-refractivity contribution in [3.05, 3.63) is 74.3 Å². The summed E-state index contributed by atoms with van der Waals surface area (Å²) < 4.78 is 5.53. The lowest BCUT2D eigenvalue weighted by Crippen LogP contribution is -2.21. The molecule has 0 fully saturated rings. The first-order valence-corrected chi connectivity index (χ1v) is 10.1. The van der Waals surface area contributed by atoms with Crippen molar-refractivity contribution in [3.63, 3.8) is 0 Å². The van der Waals surface area contributed by atoms with Crippen molar-refractivity contribution in [2.75, 3.05) is 18.0 Å². The minimum absolute atomic E-state index is 0.00584. The molecule has 0 atom stereocenters. The Kier molecular flexibility index (Phi) is 6.29. The second kappa shape index (κ2) is 9.05. The third-order valence-electron chi connectivity index (χ3n) is 4.63. The maximum atomic E-state index is 12.5. The lowest BCUT2D eigenvalue weighted by Gasteiger charge is -2.20. The molecule has 0 radical (unpaired) electrons. The predicted molar refractivity (Wildman–Crippen MR) is 118 cm³/mol. The molecule has 0 amide bonds. The molecule has 144 valence electrons. The summed E-state index contributed by atoms with van der Waals surface area (Å²) in [7, 11) is 0. The molecule has 5 nitrogen and oxygen atoms in total. The van der Waals surface area contributed by atoms with Gasteiger partial charge in [0.1, 0.15) is 23.3 Å². The topological polar surface area (TPSA) is 81.0 Å². The van der Waals surface area contributed by atoms with Crippen LogP contribution in [0.4, 0.5) is 5.69 Å². The van der Waals surface area contributed by atoms with Crippen molar-refractivity contribution < 1.29 is 4.42 Å². The van der Waals surface area contributed by atoms with Crippen LogP contribution in [0, 0.1) is 22.7 Å². The molecule has 6 heteroatoms. The van der Waals surface area contributed by atoms with Gasteiger partial charge >= 0.3 is 5.63 Å². The highest BCUT2D eigenvalue weighted by molar-refractivity contribution is 7.08. The van der Waals surface area contributed by atoms with Crippen molar-refractivity contribution in [1.29, 1.82) is 10.5 Å². The molecule has 1 aromatic carbocycles. The van der Waals surface area contributed by atoms with Crippen LogP contribution in [0.1, 0.15) is 25.0 Å². The van der Waals surface area contributed by atoms with E-state index in [9.17, 15) is 15.3 Å². The first-order valence-electron chi connectivity index (χ1n) is 9.19. The summed E-state index contributed by atoms with van der Waals surface area (Å²) in [6, 6.07) is 13.2. The fourth-order valence-electron chi connectivity index (χ4n) is 3.08. The molecule has 0 N–H and O–H groups in total. The first-order chi connectivity index (χ1) is 14.1. The molecule has 0 aliphatic carbocycles. The van der Waals surface area contributed by atoms with Gasteiger partial charge < -0.3 is 9.32 Å². The Bertz CT molecular complexity index is 1200. The first kappa shape index (κ1) is 20.1. The van der Waals surface area contributed by atoms with E-state index < -0.39 is 5.63 Å². The highest BCUT2D eigenvalue weighted by Gasteiger charge is 2.10. The van der Waals surface area contributed by atoms with Gasteiger partial charge in [-0.1, -0.05) is 6.08 Å². The summed E-state index contributed by atoms with van der Waals surface area (Å²) in [5.74, 6) is 0. The van der Waals surface area contributed by atoms with Gasteiger partial charge in [-0.25, -0.2) is 4.79 Å². The number of rotatable bonds is 6. The van der Waals surface area contributed by atoms with Crippen LogP contribution in [-0.2, 0) is 0 Å². The number of benzene rings is 1. The van der Waals surface area contributed by atoms with E-state index in [1.807, 2.05) is 47.2 Å². The molecule has 0 saturated carbocycles. The van der Waals surface area contributed by atoms with Gasteiger partial charge in [-0.15, -0.1) is 0 Å². The van der Waals surface area contributed by atoms with E-state index in [0.717, 1.165) is 29.7 Å². The molecule has 0 unspecified atom stereocenters. The third-order valence-corrected chi connectivity index (χ3v) is 5.31. The molecule has 0 aliphatic rings. The summed E-state index contributed by atoms with van der Waals surface area (Å²) in [6.07, 6.45) is 3.21. The Labute approximate surface area is 173 Å². The molecule has 3 aromatic rings. The number of hydrogen-bond donors (Lipinski definition) is 0. The average Bonchev–Trinajstić information content (AvgIpc) is 3.26. The maximum absolute atomic E-state index is 12.5. The van der Waals surface area contributed by atoms with Crippen LogP contribution in [0.25, 0.3) is 22.6 Å². The van der Waals surface area contributed by atoms with Crippen LogP contribution in [0.2, 0.25) is 0 Å². The van der Waals surface area contributed by atoms with E-state index in [1.165, 1.54) is 11.3 Å². The quantitative estimate of drug-likeness (QED) is 0.321. The van der Waals surface area contributed by atoms with E-state index in [2.05, 4.69) is 18.7 Å². The highest BCUT2D eigenvalue weighted by Crippen LogP contribution is 2.25. The minimum atomic E-state index is -0.467. The second-order valence-electron chi connectivity index (χ2n) is 6.24. The monoisotopic (exact) mass is 401 g/mol. The standard InChI is InChI=1S/C23H19N3O2S/c1-3-26(4-2)20-7-5-16-11-17(23(27)28-22(16)12-20)6-8-21(19(13-24)14-25)18-9-10-29-15-18/h5-12,15H,3-4H2,1-2H3/b8-6+. The molecule has 0 bridgehead atoms. The average molecular weight is 401 g/mol. The zero-order chi connectivity index (χ0) is 20.8. The Morgan fingerprint density at radius 2 is 1.93 bits per heavy atom. The molecule has 29 heavy (non-hydrogen) atoms. The smallest absolute Gasteiger partial charge is 0.343 e. The normalized spacial score (nSPS) is 10.6. The van der Waals surface area contributed by atoms with Gasteiger partial charge in [-0.2, -0.15) is 21.9 Å². The van der Waals surface area contributed by atoms with Crippen LogP contribution in [0.3, 0.4) is 0 Å². The molecule has 2 aromatic heterocycles. The number of allylic oxidation sites excluding steroid dienone is 3. The molecule has 0 aliphatic heterocycles. The maximum Gasteiger partial charge on any atom is 0.343 e. The lowest BCUT2D eigenvalue weighted by atomic mass is 10.0. The molecular formula is C23H19N3O2S. The van der Waals surface area contributed by atoms with Gasteiger partial charge in [0.15, 0.2) is 0 Å². The number of anilines is 1. The van der Waals surface area contributed by atoms with Gasteiger partial charge in [0.25, 0.3) is 0 Å². The van der Waals surface area contributed by atoms with Crippen LogP contribution >= 0.6 is 11.3 Å². The Hall–Kier alpha value is -3.61. The summed E-state index contributed by atoms with van der Waals surface area (Å²) in [5, 5.41) is 23.0. The molecule has 0 saturated heterocycles. The van der Waals surface area contributed by atoms with Crippen molar-refractivity contribution in [3.8, 4) is 12.1 Å². The third kappa shape index (κ3) is 4.29. The summed E-state index contributed by atoms with van der Waals surface area (Å²) >= 11 is 1.47. The van der Waals surface area contributed by atoms with Crippen molar-refractivity contribution in [2.45, 2.75) is 13.8 Å². The number of fused-ring (bicyclic) bond motifs is 1. The SMILES string of the molecule is CCN(CC)c1ccc2cc(/C=C/C(=C(C#N)C#N)c3ccsc3)c(=O)oc2c1. The number of hydrogen-bond acceptors (Lipinski definition) is 6. The lowest BCUT2D eigenvalue weighted by molar-refractivity contribution is 0.559.